The Hall–Kier alpha value is -2.16. The number of methoxy groups -OCH3 is 1. The molecule has 0 N–H and O–H groups in total. The van der Waals surface area contributed by atoms with E-state index in [1.165, 1.54) is 12.1 Å². The molecule has 18 heavy (non-hydrogen) atoms. The van der Waals surface area contributed by atoms with Gasteiger partial charge in [-0.05, 0) is 24.1 Å². The van der Waals surface area contributed by atoms with E-state index in [1.807, 2.05) is 6.92 Å². The molecule has 6 heteroatoms. The first-order valence-corrected chi connectivity index (χ1v) is 5.13. The number of benzene rings is 1. The molecule has 0 bridgehead atoms. The summed E-state index contributed by atoms with van der Waals surface area (Å²) in [6, 6.07) is 4.52. The predicted octanol–water partition coefficient (Wildman–Crippen LogP) is 2.51. The maximum absolute atomic E-state index is 12.3. The van der Waals surface area contributed by atoms with Crippen molar-refractivity contribution >= 4 is 5.97 Å². The van der Waals surface area contributed by atoms with Crippen molar-refractivity contribution in [2.24, 2.45) is 0 Å². The van der Waals surface area contributed by atoms with Gasteiger partial charge in [0.25, 0.3) is 0 Å². The molecule has 0 amide bonds. The first-order valence-electron chi connectivity index (χ1n) is 5.13. The van der Waals surface area contributed by atoms with Crippen molar-refractivity contribution in [3.63, 3.8) is 0 Å². The minimum Gasteiger partial charge on any atom is -0.465 e. The largest absolute Gasteiger partial charge is 0.465 e. The van der Waals surface area contributed by atoms with E-state index in [4.69, 9.17) is 5.26 Å². The number of halogens is 2. The van der Waals surface area contributed by atoms with Gasteiger partial charge in [0, 0.05) is 0 Å². The number of ether oxygens (including phenoxy) is 2. The smallest absolute Gasteiger partial charge is 0.387 e. The number of hydrogen-bond donors (Lipinski definition) is 0. The van der Waals surface area contributed by atoms with Gasteiger partial charge in [0.2, 0.25) is 0 Å². The van der Waals surface area contributed by atoms with E-state index in [-0.39, 0.29) is 11.1 Å². The van der Waals surface area contributed by atoms with Crippen LogP contribution in [0, 0.1) is 11.3 Å². The number of alkyl halides is 2. The summed E-state index contributed by atoms with van der Waals surface area (Å²) in [6.07, 6.45) is 0.549. The number of hydrogen-bond acceptors (Lipinski definition) is 4. The lowest BCUT2D eigenvalue weighted by Crippen LogP contribution is -2.11. The lowest BCUT2D eigenvalue weighted by Gasteiger charge is -2.12. The van der Waals surface area contributed by atoms with Crippen molar-refractivity contribution in [2.45, 2.75) is 20.0 Å². The number of rotatable bonds is 4. The molecule has 0 atom stereocenters. The summed E-state index contributed by atoms with van der Waals surface area (Å²) >= 11 is 0. The maximum atomic E-state index is 12.3. The molecule has 0 aliphatic heterocycles. The number of nitriles is 1. The van der Waals surface area contributed by atoms with E-state index in [9.17, 15) is 13.6 Å². The third-order valence-electron chi connectivity index (χ3n) is 2.29. The van der Waals surface area contributed by atoms with Gasteiger partial charge in [0.05, 0.1) is 12.7 Å². The zero-order valence-corrected chi connectivity index (χ0v) is 9.87. The van der Waals surface area contributed by atoms with Gasteiger partial charge < -0.3 is 9.47 Å². The Morgan fingerprint density at radius 3 is 2.61 bits per heavy atom. The zero-order valence-electron chi connectivity index (χ0n) is 9.87. The highest BCUT2D eigenvalue weighted by atomic mass is 19.3. The Bertz CT molecular complexity index is 495. The van der Waals surface area contributed by atoms with Crippen LogP contribution in [0.5, 0.6) is 5.75 Å². The fourth-order valence-corrected chi connectivity index (χ4v) is 1.45. The fraction of sp³-hybridized carbons (Fsp3) is 0.333. The Kier molecular flexibility index (Phi) is 4.60. The van der Waals surface area contributed by atoms with Crippen LogP contribution < -0.4 is 4.74 Å². The van der Waals surface area contributed by atoms with Crippen molar-refractivity contribution < 1.29 is 23.0 Å². The Labute approximate surface area is 103 Å². The molecule has 0 saturated heterocycles. The van der Waals surface area contributed by atoms with Crippen LogP contribution in [0.1, 0.15) is 28.4 Å². The van der Waals surface area contributed by atoms with Gasteiger partial charge in [0.15, 0.2) is 5.75 Å². The highest BCUT2D eigenvalue weighted by Gasteiger charge is 2.21. The summed E-state index contributed by atoms with van der Waals surface area (Å²) in [6.45, 7) is -1.31. The third-order valence-corrected chi connectivity index (χ3v) is 2.29. The lowest BCUT2D eigenvalue weighted by molar-refractivity contribution is -0.0506. The molecule has 1 aromatic rings. The van der Waals surface area contributed by atoms with Crippen LogP contribution in [0.15, 0.2) is 12.1 Å². The van der Waals surface area contributed by atoms with Crippen molar-refractivity contribution in [3.8, 4) is 11.8 Å². The molecule has 0 saturated carbocycles. The summed E-state index contributed by atoms with van der Waals surface area (Å²) in [7, 11) is 1.12. The van der Waals surface area contributed by atoms with Crippen LogP contribution in [0.4, 0.5) is 8.78 Å². The SMILES string of the molecule is CCc1cc(C#N)c(OC(F)F)c(C(=O)OC)c1. The molecule has 0 heterocycles. The number of esters is 1. The van der Waals surface area contributed by atoms with Crippen LogP contribution in [-0.2, 0) is 11.2 Å². The highest BCUT2D eigenvalue weighted by Crippen LogP contribution is 2.28. The van der Waals surface area contributed by atoms with Gasteiger partial charge in [-0.3, -0.25) is 0 Å². The maximum Gasteiger partial charge on any atom is 0.387 e. The zero-order chi connectivity index (χ0) is 13.7. The quantitative estimate of drug-likeness (QED) is 0.775. The lowest BCUT2D eigenvalue weighted by atomic mass is 10.0. The molecular formula is C12H11F2NO3. The van der Waals surface area contributed by atoms with Gasteiger partial charge in [0.1, 0.15) is 11.6 Å². The first kappa shape index (κ1) is 13.9. The molecule has 0 radical (unpaired) electrons. The van der Waals surface area contributed by atoms with Crippen molar-refractivity contribution in [1.29, 1.82) is 5.26 Å². The van der Waals surface area contributed by atoms with Gasteiger partial charge >= 0.3 is 12.6 Å². The van der Waals surface area contributed by atoms with E-state index in [0.29, 0.717) is 12.0 Å². The van der Waals surface area contributed by atoms with Gasteiger partial charge in [-0.25, -0.2) is 4.79 Å². The van der Waals surface area contributed by atoms with E-state index >= 15 is 0 Å². The monoisotopic (exact) mass is 255 g/mol. The van der Waals surface area contributed by atoms with E-state index in [0.717, 1.165) is 7.11 Å². The Morgan fingerprint density at radius 1 is 1.50 bits per heavy atom. The van der Waals surface area contributed by atoms with E-state index < -0.39 is 18.3 Å². The summed E-state index contributed by atoms with van der Waals surface area (Å²) in [5.41, 5.74) is 0.373. The fourth-order valence-electron chi connectivity index (χ4n) is 1.45. The van der Waals surface area contributed by atoms with Crippen molar-refractivity contribution in [2.75, 3.05) is 7.11 Å². The molecule has 96 valence electrons. The number of aryl methyl sites for hydroxylation is 1. The number of carbonyl (C=O) groups excluding carboxylic acids is 1. The van der Waals surface area contributed by atoms with Gasteiger partial charge in [-0.15, -0.1) is 0 Å². The second-order valence-corrected chi connectivity index (χ2v) is 3.36. The first-order chi connectivity index (χ1) is 8.53. The summed E-state index contributed by atoms with van der Waals surface area (Å²) < 4.78 is 33.3. The van der Waals surface area contributed by atoms with Crippen LogP contribution in [0.2, 0.25) is 0 Å². The molecule has 0 spiro atoms. The molecule has 0 fully saturated rings. The molecule has 0 aliphatic carbocycles. The molecule has 0 unspecified atom stereocenters. The molecule has 0 aromatic heterocycles. The van der Waals surface area contributed by atoms with Crippen LogP contribution in [-0.4, -0.2) is 19.7 Å². The van der Waals surface area contributed by atoms with E-state index in [1.54, 1.807) is 6.07 Å². The van der Waals surface area contributed by atoms with E-state index in [2.05, 4.69) is 9.47 Å². The summed E-state index contributed by atoms with van der Waals surface area (Å²) in [5.74, 6) is -1.27. The predicted molar refractivity (Wildman–Crippen MR) is 58.5 cm³/mol. The normalized spacial score (nSPS) is 10.0. The highest BCUT2D eigenvalue weighted by molar-refractivity contribution is 5.93. The minimum atomic E-state index is -3.12. The summed E-state index contributed by atoms with van der Waals surface area (Å²) in [4.78, 5) is 11.5. The Morgan fingerprint density at radius 2 is 2.17 bits per heavy atom. The van der Waals surface area contributed by atoms with Gasteiger partial charge in [-0.1, -0.05) is 6.92 Å². The summed E-state index contributed by atoms with van der Waals surface area (Å²) in [5, 5.41) is 8.90. The topological polar surface area (TPSA) is 59.3 Å². The third kappa shape index (κ3) is 2.94. The number of carbonyl (C=O) groups is 1. The number of nitrogens with zero attached hydrogens (tertiary/aromatic N) is 1. The average Bonchev–Trinajstić information content (AvgIpc) is 2.37. The standard InChI is InChI=1S/C12H11F2NO3/c1-3-7-4-8(6-15)10(18-12(13)14)9(5-7)11(16)17-2/h4-5,12H,3H2,1-2H3. The molecule has 1 aromatic carbocycles. The van der Waals surface area contributed by atoms with Crippen LogP contribution in [0.25, 0.3) is 0 Å². The molecule has 1 rings (SSSR count). The van der Waals surface area contributed by atoms with Gasteiger partial charge in [-0.2, -0.15) is 14.0 Å². The molecular weight excluding hydrogens is 244 g/mol. The minimum absolute atomic E-state index is 0.116. The van der Waals surface area contributed by atoms with Crippen molar-refractivity contribution in [1.82, 2.24) is 0 Å². The van der Waals surface area contributed by atoms with Crippen LogP contribution in [0.3, 0.4) is 0 Å². The Balaban J connectivity index is 3.43. The van der Waals surface area contributed by atoms with Crippen LogP contribution >= 0.6 is 0 Å². The second kappa shape index (κ2) is 5.96. The molecule has 0 aliphatic rings. The second-order valence-electron chi connectivity index (χ2n) is 3.36. The van der Waals surface area contributed by atoms with Crippen molar-refractivity contribution in [3.05, 3.63) is 28.8 Å². The average molecular weight is 255 g/mol. The molecule has 4 nitrogen and oxygen atoms in total.